The van der Waals surface area contributed by atoms with Crippen molar-refractivity contribution in [2.75, 3.05) is 13.1 Å². The molecule has 4 nitrogen and oxygen atoms in total. The SMILES string of the molecule is Cc1c(O)cccc1C(=O)N1CC2CCC(C1)O2. The molecule has 2 heterocycles. The molecule has 0 aromatic heterocycles. The van der Waals surface area contributed by atoms with Crippen LogP contribution in [-0.4, -0.2) is 41.2 Å². The van der Waals surface area contributed by atoms with E-state index < -0.39 is 0 Å². The Morgan fingerprint density at radius 3 is 2.67 bits per heavy atom. The molecule has 2 saturated heterocycles. The topological polar surface area (TPSA) is 49.8 Å². The lowest BCUT2D eigenvalue weighted by atomic mass is 10.1. The lowest BCUT2D eigenvalue weighted by Crippen LogP contribution is -2.46. The lowest BCUT2D eigenvalue weighted by Gasteiger charge is -2.32. The van der Waals surface area contributed by atoms with Crippen LogP contribution >= 0.6 is 0 Å². The smallest absolute Gasteiger partial charge is 0.254 e. The van der Waals surface area contributed by atoms with Crippen molar-refractivity contribution in [1.82, 2.24) is 4.90 Å². The van der Waals surface area contributed by atoms with Crippen LogP contribution in [0.2, 0.25) is 0 Å². The minimum atomic E-state index is 0.00333. The Labute approximate surface area is 106 Å². The Kier molecular flexibility index (Phi) is 2.74. The van der Waals surface area contributed by atoms with Crippen molar-refractivity contribution in [3.8, 4) is 5.75 Å². The zero-order chi connectivity index (χ0) is 12.7. The molecule has 2 aliphatic rings. The molecule has 3 rings (SSSR count). The van der Waals surface area contributed by atoms with Gasteiger partial charge in [0, 0.05) is 24.2 Å². The van der Waals surface area contributed by atoms with Crippen molar-refractivity contribution in [3.05, 3.63) is 29.3 Å². The molecule has 1 aromatic rings. The third kappa shape index (κ3) is 1.86. The number of hydrogen-bond donors (Lipinski definition) is 1. The first-order valence-corrected chi connectivity index (χ1v) is 6.38. The molecule has 1 aromatic carbocycles. The number of ether oxygens (including phenoxy) is 1. The van der Waals surface area contributed by atoms with Crippen LogP contribution in [0.4, 0.5) is 0 Å². The number of benzene rings is 1. The van der Waals surface area contributed by atoms with Gasteiger partial charge in [0.05, 0.1) is 12.2 Å². The monoisotopic (exact) mass is 247 g/mol. The predicted molar refractivity (Wildman–Crippen MR) is 66.6 cm³/mol. The van der Waals surface area contributed by atoms with Crippen LogP contribution in [0.5, 0.6) is 5.75 Å². The van der Waals surface area contributed by atoms with E-state index in [0.717, 1.165) is 12.8 Å². The number of phenolic OH excluding ortho intramolecular Hbond substituents is 1. The molecule has 0 spiro atoms. The van der Waals surface area contributed by atoms with Gasteiger partial charge in [-0.15, -0.1) is 0 Å². The Bertz CT molecular complexity index is 474. The first-order valence-electron chi connectivity index (χ1n) is 6.38. The summed E-state index contributed by atoms with van der Waals surface area (Å²) in [6.45, 7) is 3.12. The van der Waals surface area contributed by atoms with Gasteiger partial charge in [0.1, 0.15) is 5.75 Å². The van der Waals surface area contributed by atoms with Crippen LogP contribution in [0.3, 0.4) is 0 Å². The molecule has 18 heavy (non-hydrogen) atoms. The summed E-state index contributed by atoms with van der Waals surface area (Å²) in [5, 5.41) is 9.67. The fraction of sp³-hybridized carbons (Fsp3) is 0.500. The molecule has 2 atom stereocenters. The summed E-state index contributed by atoms with van der Waals surface area (Å²) in [5.41, 5.74) is 1.25. The van der Waals surface area contributed by atoms with E-state index in [1.54, 1.807) is 25.1 Å². The van der Waals surface area contributed by atoms with E-state index in [4.69, 9.17) is 4.74 Å². The summed E-state index contributed by atoms with van der Waals surface area (Å²) in [4.78, 5) is 14.3. The maximum absolute atomic E-state index is 12.5. The molecule has 2 bridgehead atoms. The fourth-order valence-electron chi connectivity index (χ4n) is 2.81. The van der Waals surface area contributed by atoms with Crippen LogP contribution in [0.15, 0.2) is 18.2 Å². The second-order valence-electron chi connectivity index (χ2n) is 5.12. The van der Waals surface area contributed by atoms with Gasteiger partial charge in [0.2, 0.25) is 0 Å². The van der Waals surface area contributed by atoms with Gasteiger partial charge < -0.3 is 14.7 Å². The second kappa shape index (κ2) is 4.28. The molecule has 0 saturated carbocycles. The summed E-state index contributed by atoms with van der Waals surface area (Å²) in [6.07, 6.45) is 2.50. The van der Waals surface area contributed by atoms with Gasteiger partial charge in [0.25, 0.3) is 5.91 Å². The highest BCUT2D eigenvalue weighted by molar-refractivity contribution is 5.96. The number of hydrogen-bond acceptors (Lipinski definition) is 3. The number of phenols is 1. The van der Waals surface area contributed by atoms with Crippen molar-refractivity contribution >= 4 is 5.91 Å². The van der Waals surface area contributed by atoms with E-state index in [-0.39, 0.29) is 23.9 Å². The average molecular weight is 247 g/mol. The van der Waals surface area contributed by atoms with E-state index >= 15 is 0 Å². The average Bonchev–Trinajstić information content (AvgIpc) is 2.71. The normalized spacial score (nSPS) is 26.4. The number of carbonyl (C=O) groups is 1. The van der Waals surface area contributed by atoms with E-state index in [1.807, 2.05) is 4.90 Å². The van der Waals surface area contributed by atoms with Gasteiger partial charge in [-0.3, -0.25) is 4.79 Å². The van der Waals surface area contributed by atoms with Crippen molar-refractivity contribution < 1.29 is 14.6 Å². The predicted octanol–water partition coefficient (Wildman–Crippen LogP) is 1.70. The Balaban J connectivity index is 1.84. The van der Waals surface area contributed by atoms with Gasteiger partial charge in [-0.1, -0.05) is 6.07 Å². The summed E-state index contributed by atoms with van der Waals surface area (Å²) in [6, 6.07) is 5.09. The van der Waals surface area contributed by atoms with Gasteiger partial charge in [-0.05, 0) is 31.9 Å². The first kappa shape index (κ1) is 11.5. The maximum atomic E-state index is 12.5. The summed E-state index contributed by atoms with van der Waals surface area (Å²) in [5.74, 6) is 0.181. The van der Waals surface area contributed by atoms with E-state index in [9.17, 15) is 9.90 Å². The van der Waals surface area contributed by atoms with E-state index in [2.05, 4.69) is 0 Å². The number of fused-ring (bicyclic) bond motifs is 2. The second-order valence-corrected chi connectivity index (χ2v) is 5.12. The Hall–Kier alpha value is -1.55. The molecule has 96 valence electrons. The van der Waals surface area contributed by atoms with E-state index in [0.29, 0.717) is 24.2 Å². The molecule has 2 fully saturated rings. The highest BCUT2D eigenvalue weighted by atomic mass is 16.5. The highest BCUT2D eigenvalue weighted by Crippen LogP contribution is 2.28. The summed E-state index contributed by atoms with van der Waals surface area (Å²) < 4.78 is 5.72. The van der Waals surface area contributed by atoms with Crippen molar-refractivity contribution in [3.63, 3.8) is 0 Å². The van der Waals surface area contributed by atoms with E-state index in [1.165, 1.54) is 0 Å². The van der Waals surface area contributed by atoms with Crippen LogP contribution in [0, 0.1) is 6.92 Å². The number of aromatic hydroxyl groups is 1. The van der Waals surface area contributed by atoms with Crippen molar-refractivity contribution in [2.45, 2.75) is 32.0 Å². The van der Waals surface area contributed by atoms with Gasteiger partial charge >= 0.3 is 0 Å². The molecule has 0 aliphatic carbocycles. The number of morpholine rings is 1. The van der Waals surface area contributed by atoms with Crippen LogP contribution < -0.4 is 0 Å². The Morgan fingerprint density at radius 2 is 2.00 bits per heavy atom. The van der Waals surface area contributed by atoms with Crippen molar-refractivity contribution in [2.24, 2.45) is 0 Å². The third-order valence-corrected chi connectivity index (χ3v) is 3.87. The number of amides is 1. The molecule has 1 amide bonds. The maximum Gasteiger partial charge on any atom is 0.254 e. The standard InChI is InChI=1S/C14H17NO3/c1-9-12(3-2-4-13(9)16)14(17)15-7-10-5-6-11(8-15)18-10/h2-4,10-11,16H,5-8H2,1H3. The van der Waals surface area contributed by atoms with Gasteiger partial charge in [-0.25, -0.2) is 0 Å². The van der Waals surface area contributed by atoms with Gasteiger partial charge in [0.15, 0.2) is 0 Å². The molecule has 1 N–H and O–H groups in total. The minimum Gasteiger partial charge on any atom is -0.508 e. The third-order valence-electron chi connectivity index (χ3n) is 3.87. The molecular formula is C14H17NO3. The molecule has 2 unspecified atom stereocenters. The summed E-state index contributed by atoms with van der Waals surface area (Å²) >= 11 is 0. The fourth-order valence-corrected chi connectivity index (χ4v) is 2.81. The Morgan fingerprint density at radius 1 is 1.33 bits per heavy atom. The lowest BCUT2D eigenvalue weighted by molar-refractivity contribution is -0.0303. The van der Waals surface area contributed by atoms with Crippen LogP contribution in [-0.2, 0) is 4.74 Å². The first-order chi connectivity index (χ1) is 8.65. The zero-order valence-corrected chi connectivity index (χ0v) is 10.4. The molecule has 0 radical (unpaired) electrons. The molecule has 4 heteroatoms. The quantitative estimate of drug-likeness (QED) is 0.821. The number of rotatable bonds is 1. The van der Waals surface area contributed by atoms with Crippen LogP contribution in [0.1, 0.15) is 28.8 Å². The van der Waals surface area contributed by atoms with Crippen molar-refractivity contribution in [1.29, 1.82) is 0 Å². The number of nitrogens with zero attached hydrogens (tertiary/aromatic N) is 1. The van der Waals surface area contributed by atoms with Gasteiger partial charge in [-0.2, -0.15) is 0 Å². The van der Waals surface area contributed by atoms with Crippen LogP contribution in [0.25, 0.3) is 0 Å². The molecular weight excluding hydrogens is 230 g/mol. The largest absolute Gasteiger partial charge is 0.508 e. The number of likely N-dealkylation sites (tertiary alicyclic amines) is 1. The minimum absolute atomic E-state index is 0.00333. The summed E-state index contributed by atoms with van der Waals surface area (Å²) in [7, 11) is 0. The molecule has 2 aliphatic heterocycles. The highest BCUT2D eigenvalue weighted by Gasteiger charge is 2.36. The zero-order valence-electron chi connectivity index (χ0n) is 10.4. The number of carbonyl (C=O) groups excluding carboxylic acids is 1.